The molecule has 0 aliphatic rings. The summed E-state index contributed by atoms with van der Waals surface area (Å²) < 4.78 is 6.85. The molecule has 0 aliphatic heterocycles. The van der Waals surface area contributed by atoms with Gasteiger partial charge in [-0.3, -0.25) is 4.68 Å². The van der Waals surface area contributed by atoms with E-state index in [0.29, 0.717) is 5.88 Å². The van der Waals surface area contributed by atoms with Gasteiger partial charge < -0.3 is 10.1 Å². The molecule has 0 spiro atoms. The first-order chi connectivity index (χ1) is 8.72. The van der Waals surface area contributed by atoms with Crippen molar-refractivity contribution in [2.45, 2.75) is 19.9 Å². The molecule has 2 aromatic heterocycles. The van der Waals surface area contributed by atoms with Gasteiger partial charge in [-0.15, -0.1) is 0 Å². The maximum Gasteiger partial charge on any atom is 0.212 e. The Morgan fingerprint density at radius 3 is 2.83 bits per heavy atom. The lowest BCUT2D eigenvalue weighted by atomic mass is 10.2. The molecule has 1 N–H and O–H groups in total. The van der Waals surface area contributed by atoms with Gasteiger partial charge in [0.25, 0.3) is 0 Å². The fraction of sp³-hybridized carbons (Fsp3) is 0.385. The molecule has 0 fully saturated rings. The van der Waals surface area contributed by atoms with E-state index in [1.807, 2.05) is 36.3 Å². The van der Waals surface area contributed by atoms with Crippen molar-refractivity contribution < 1.29 is 4.74 Å². The first-order valence-electron chi connectivity index (χ1n) is 5.98. The Morgan fingerprint density at radius 1 is 1.39 bits per heavy atom. The molecule has 96 valence electrons. The first-order valence-corrected chi connectivity index (χ1v) is 5.98. The van der Waals surface area contributed by atoms with Crippen LogP contribution in [0.1, 0.15) is 18.2 Å². The molecule has 5 nitrogen and oxygen atoms in total. The quantitative estimate of drug-likeness (QED) is 0.876. The number of aromatic nitrogens is 3. The maximum absolute atomic E-state index is 5.03. The normalized spacial score (nSPS) is 10.4. The number of ether oxygens (including phenoxy) is 1. The molecule has 0 amide bonds. The smallest absolute Gasteiger partial charge is 0.212 e. The van der Waals surface area contributed by atoms with Crippen LogP contribution in [0.15, 0.2) is 24.5 Å². The van der Waals surface area contributed by atoms with Crippen molar-refractivity contribution in [3.05, 3.63) is 35.8 Å². The van der Waals surface area contributed by atoms with Gasteiger partial charge in [-0.25, -0.2) is 4.98 Å². The summed E-state index contributed by atoms with van der Waals surface area (Å²) in [7, 11) is 3.54. The van der Waals surface area contributed by atoms with Crippen LogP contribution in [0.5, 0.6) is 5.88 Å². The van der Waals surface area contributed by atoms with Crippen LogP contribution in [-0.4, -0.2) is 21.9 Å². The van der Waals surface area contributed by atoms with Crippen LogP contribution in [-0.2, 0) is 20.0 Å². The number of pyridine rings is 1. The second-order valence-electron chi connectivity index (χ2n) is 4.08. The van der Waals surface area contributed by atoms with E-state index >= 15 is 0 Å². The Bertz CT molecular complexity index is 504. The van der Waals surface area contributed by atoms with Crippen LogP contribution in [0.2, 0.25) is 0 Å². The lowest BCUT2D eigenvalue weighted by Crippen LogP contribution is -2.01. The summed E-state index contributed by atoms with van der Waals surface area (Å²) in [5.74, 6) is 0.634. The molecule has 0 aliphatic carbocycles. The second kappa shape index (κ2) is 5.53. The highest BCUT2D eigenvalue weighted by Gasteiger charge is 2.05. The zero-order valence-electron chi connectivity index (χ0n) is 11.0. The molecule has 0 saturated heterocycles. The standard InChI is InChI=1S/C13H18N4O/c1-4-11-12(9-17(2)16-11)14-7-10-5-6-13(18-3)15-8-10/h5-6,8-9,14H,4,7H2,1-3H3. The zero-order chi connectivity index (χ0) is 13.0. The largest absolute Gasteiger partial charge is 0.481 e. The number of methoxy groups -OCH3 is 1. The summed E-state index contributed by atoms with van der Waals surface area (Å²) >= 11 is 0. The van der Waals surface area contributed by atoms with E-state index in [2.05, 4.69) is 22.3 Å². The number of aryl methyl sites for hydroxylation is 2. The maximum atomic E-state index is 5.03. The Balaban J connectivity index is 2.01. The molecule has 5 heteroatoms. The molecule has 2 aromatic rings. The average Bonchev–Trinajstić information content (AvgIpc) is 2.77. The van der Waals surface area contributed by atoms with E-state index < -0.39 is 0 Å². The predicted molar refractivity (Wildman–Crippen MR) is 70.7 cm³/mol. The van der Waals surface area contributed by atoms with Gasteiger partial charge in [-0.2, -0.15) is 5.10 Å². The van der Waals surface area contributed by atoms with E-state index in [0.717, 1.165) is 29.9 Å². The van der Waals surface area contributed by atoms with Crippen LogP contribution in [0, 0.1) is 0 Å². The SMILES string of the molecule is CCc1nn(C)cc1NCc1ccc(OC)nc1. The predicted octanol–water partition coefficient (Wildman–Crippen LogP) is 2.00. The Labute approximate surface area is 107 Å². The first kappa shape index (κ1) is 12.4. The van der Waals surface area contributed by atoms with E-state index in [1.54, 1.807) is 7.11 Å². The van der Waals surface area contributed by atoms with E-state index in [-0.39, 0.29) is 0 Å². The minimum absolute atomic E-state index is 0.634. The van der Waals surface area contributed by atoms with Crippen LogP contribution < -0.4 is 10.1 Å². The minimum Gasteiger partial charge on any atom is -0.481 e. The van der Waals surface area contributed by atoms with Gasteiger partial charge in [0.15, 0.2) is 0 Å². The molecule has 18 heavy (non-hydrogen) atoms. The summed E-state index contributed by atoms with van der Waals surface area (Å²) in [5.41, 5.74) is 3.27. The fourth-order valence-electron chi connectivity index (χ4n) is 1.78. The third kappa shape index (κ3) is 2.80. The molecule has 2 rings (SSSR count). The monoisotopic (exact) mass is 246 g/mol. The number of hydrogen-bond acceptors (Lipinski definition) is 4. The van der Waals surface area contributed by atoms with Crippen molar-refractivity contribution in [3.63, 3.8) is 0 Å². The third-order valence-electron chi connectivity index (χ3n) is 2.73. The molecule has 0 saturated carbocycles. The number of nitrogens with one attached hydrogen (secondary N) is 1. The molecular weight excluding hydrogens is 228 g/mol. The van der Waals surface area contributed by atoms with Crippen molar-refractivity contribution in [2.75, 3.05) is 12.4 Å². The zero-order valence-corrected chi connectivity index (χ0v) is 11.0. The molecular formula is C13H18N4O. The van der Waals surface area contributed by atoms with Crippen molar-refractivity contribution in [3.8, 4) is 5.88 Å². The van der Waals surface area contributed by atoms with Crippen molar-refractivity contribution >= 4 is 5.69 Å². The van der Waals surface area contributed by atoms with Crippen LogP contribution >= 0.6 is 0 Å². The molecule has 0 bridgehead atoms. The average molecular weight is 246 g/mol. The van der Waals surface area contributed by atoms with Crippen LogP contribution in [0.4, 0.5) is 5.69 Å². The van der Waals surface area contributed by atoms with Gasteiger partial charge in [-0.1, -0.05) is 13.0 Å². The molecule has 0 unspecified atom stereocenters. The second-order valence-corrected chi connectivity index (χ2v) is 4.08. The number of anilines is 1. The van der Waals surface area contributed by atoms with Gasteiger partial charge in [0.1, 0.15) is 0 Å². The summed E-state index contributed by atoms with van der Waals surface area (Å²) in [4.78, 5) is 4.17. The highest BCUT2D eigenvalue weighted by Crippen LogP contribution is 2.15. The summed E-state index contributed by atoms with van der Waals surface area (Å²) in [6.07, 6.45) is 4.73. The van der Waals surface area contributed by atoms with Crippen molar-refractivity contribution in [1.82, 2.24) is 14.8 Å². The van der Waals surface area contributed by atoms with E-state index in [1.165, 1.54) is 0 Å². The molecule has 0 radical (unpaired) electrons. The molecule has 0 atom stereocenters. The van der Waals surface area contributed by atoms with Crippen molar-refractivity contribution in [1.29, 1.82) is 0 Å². The number of nitrogens with zero attached hydrogens (tertiary/aromatic N) is 3. The number of rotatable bonds is 5. The van der Waals surface area contributed by atoms with E-state index in [9.17, 15) is 0 Å². The molecule has 0 aromatic carbocycles. The lowest BCUT2D eigenvalue weighted by molar-refractivity contribution is 0.397. The van der Waals surface area contributed by atoms with Crippen molar-refractivity contribution in [2.24, 2.45) is 7.05 Å². The van der Waals surface area contributed by atoms with Crippen LogP contribution in [0.25, 0.3) is 0 Å². The highest BCUT2D eigenvalue weighted by molar-refractivity contribution is 5.46. The highest BCUT2D eigenvalue weighted by atomic mass is 16.5. The lowest BCUT2D eigenvalue weighted by Gasteiger charge is -2.06. The fourth-order valence-corrected chi connectivity index (χ4v) is 1.78. The Hall–Kier alpha value is -2.04. The van der Waals surface area contributed by atoms with Gasteiger partial charge in [0.05, 0.1) is 18.5 Å². The third-order valence-corrected chi connectivity index (χ3v) is 2.73. The Morgan fingerprint density at radius 2 is 2.22 bits per heavy atom. The van der Waals surface area contributed by atoms with Gasteiger partial charge in [0.2, 0.25) is 5.88 Å². The van der Waals surface area contributed by atoms with Gasteiger partial charge in [0, 0.05) is 32.1 Å². The summed E-state index contributed by atoms with van der Waals surface area (Å²) in [6.45, 7) is 2.83. The topological polar surface area (TPSA) is 52.0 Å². The van der Waals surface area contributed by atoms with Crippen LogP contribution in [0.3, 0.4) is 0 Å². The van der Waals surface area contributed by atoms with Gasteiger partial charge in [-0.05, 0) is 12.0 Å². The van der Waals surface area contributed by atoms with Gasteiger partial charge >= 0.3 is 0 Å². The summed E-state index contributed by atoms with van der Waals surface area (Å²) in [5, 5.41) is 7.76. The minimum atomic E-state index is 0.634. The number of hydrogen-bond donors (Lipinski definition) is 1. The Kier molecular flexibility index (Phi) is 3.82. The van der Waals surface area contributed by atoms with E-state index in [4.69, 9.17) is 4.74 Å². The molecule has 2 heterocycles. The summed E-state index contributed by atoms with van der Waals surface area (Å²) in [6, 6.07) is 3.86.